The van der Waals surface area contributed by atoms with Crippen LogP contribution in [0, 0.1) is 0 Å². The van der Waals surface area contributed by atoms with Gasteiger partial charge >= 0.3 is 12.1 Å². The molecular formula is C18H13F3N2O4. The highest BCUT2D eigenvalue weighted by molar-refractivity contribution is 5.71. The molecule has 0 unspecified atom stereocenters. The third-order valence-electron chi connectivity index (χ3n) is 3.37. The number of hydrogen-bond acceptors (Lipinski definition) is 6. The minimum Gasteiger partial charge on any atom is -0.482 e. The monoisotopic (exact) mass is 378 g/mol. The number of para-hydroxylation sites is 1. The highest BCUT2D eigenvalue weighted by Gasteiger charge is 2.30. The van der Waals surface area contributed by atoms with Gasteiger partial charge in [-0.1, -0.05) is 35.5 Å². The van der Waals surface area contributed by atoms with Crippen LogP contribution in [-0.2, 0) is 22.3 Å². The summed E-state index contributed by atoms with van der Waals surface area (Å²) in [6.07, 6.45) is -4.48. The minimum atomic E-state index is -4.48. The van der Waals surface area contributed by atoms with Gasteiger partial charge in [0.1, 0.15) is 5.75 Å². The van der Waals surface area contributed by atoms with Gasteiger partial charge < -0.3 is 14.0 Å². The molecule has 0 atom stereocenters. The van der Waals surface area contributed by atoms with Gasteiger partial charge in [0.05, 0.1) is 5.56 Å². The molecule has 0 amide bonds. The van der Waals surface area contributed by atoms with Crippen LogP contribution >= 0.6 is 0 Å². The largest absolute Gasteiger partial charge is 0.482 e. The molecule has 0 fully saturated rings. The van der Waals surface area contributed by atoms with E-state index >= 15 is 0 Å². The molecule has 0 aliphatic heterocycles. The van der Waals surface area contributed by atoms with Crippen molar-refractivity contribution in [3.8, 4) is 17.1 Å². The van der Waals surface area contributed by atoms with Crippen molar-refractivity contribution in [2.45, 2.75) is 12.8 Å². The average Bonchev–Trinajstić information content (AvgIpc) is 3.14. The van der Waals surface area contributed by atoms with Gasteiger partial charge in [-0.15, -0.1) is 0 Å². The number of alkyl halides is 3. The van der Waals surface area contributed by atoms with E-state index in [1.807, 2.05) is 6.07 Å². The summed E-state index contributed by atoms with van der Waals surface area (Å²) in [4.78, 5) is 15.6. The van der Waals surface area contributed by atoms with E-state index in [0.29, 0.717) is 5.75 Å². The fraction of sp³-hybridized carbons (Fsp3) is 0.167. The number of carbonyl (C=O) groups is 1. The summed E-state index contributed by atoms with van der Waals surface area (Å²) in [5.74, 6) is -0.222. The number of rotatable bonds is 6. The van der Waals surface area contributed by atoms with E-state index in [2.05, 4.69) is 10.1 Å². The molecule has 1 aromatic heterocycles. The van der Waals surface area contributed by atoms with Crippen molar-refractivity contribution in [1.82, 2.24) is 10.1 Å². The molecule has 9 heteroatoms. The molecule has 0 N–H and O–H groups in total. The molecule has 0 radical (unpaired) electrons. The summed E-state index contributed by atoms with van der Waals surface area (Å²) in [6, 6.07) is 13.2. The van der Waals surface area contributed by atoms with Crippen LogP contribution in [0.3, 0.4) is 0 Å². The summed E-state index contributed by atoms with van der Waals surface area (Å²) >= 11 is 0. The van der Waals surface area contributed by atoms with Crippen LogP contribution in [0.5, 0.6) is 5.75 Å². The molecule has 6 nitrogen and oxygen atoms in total. The number of aromatic nitrogens is 2. The number of carbonyl (C=O) groups excluding carboxylic acids is 1. The van der Waals surface area contributed by atoms with Gasteiger partial charge in [-0.25, -0.2) is 4.79 Å². The summed E-state index contributed by atoms with van der Waals surface area (Å²) in [5.41, 5.74) is -0.686. The van der Waals surface area contributed by atoms with E-state index in [4.69, 9.17) is 14.0 Å². The second-order valence-corrected chi connectivity index (χ2v) is 5.35. The SMILES string of the molecule is O=C(COc1ccccc1)OCc1nc(-c2cccc(C(F)(F)F)c2)no1. The zero-order valence-corrected chi connectivity index (χ0v) is 13.8. The van der Waals surface area contributed by atoms with E-state index in [1.54, 1.807) is 24.3 Å². The van der Waals surface area contributed by atoms with Gasteiger partial charge in [-0.2, -0.15) is 18.2 Å². The molecule has 27 heavy (non-hydrogen) atoms. The van der Waals surface area contributed by atoms with Crippen LogP contribution in [0.2, 0.25) is 0 Å². The third kappa shape index (κ3) is 5.06. The Hall–Kier alpha value is -3.36. The summed E-state index contributed by atoms with van der Waals surface area (Å²) < 4.78 is 53.3. The molecule has 1 heterocycles. The quantitative estimate of drug-likeness (QED) is 0.606. The number of halogens is 3. The van der Waals surface area contributed by atoms with E-state index in [1.165, 1.54) is 12.1 Å². The maximum Gasteiger partial charge on any atom is 0.416 e. The Labute approximate surface area is 151 Å². The van der Waals surface area contributed by atoms with Crippen LogP contribution in [0.25, 0.3) is 11.4 Å². The molecule has 3 rings (SSSR count). The fourth-order valence-corrected chi connectivity index (χ4v) is 2.11. The van der Waals surface area contributed by atoms with Crippen LogP contribution in [-0.4, -0.2) is 22.7 Å². The van der Waals surface area contributed by atoms with Gasteiger partial charge in [0, 0.05) is 5.56 Å². The van der Waals surface area contributed by atoms with Gasteiger partial charge in [0.2, 0.25) is 5.82 Å². The lowest BCUT2D eigenvalue weighted by Crippen LogP contribution is -2.14. The van der Waals surface area contributed by atoms with Crippen LogP contribution < -0.4 is 4.74 Å². The van der Waals surface area contributed by atoms with E-state index in [9.17, 15) is 18.0 Å². The van der Waals surface area contributed by atoms with Crippen LogP contribution in [0.1, 0.15) is 11.5 Å². The van der Waals surface area contributed by atoms with Crippen molar-refractivity contribution in [2.24, 2.45) is 0 Å². The summed E-state index contributed by atoms with van der Waals surface area (Å²) in [5, 5.41) is 3.61. The van der Waals surface area contributed by atoms with Crippen molar-refractivity contribution in [3.63, 3.8) is 0 Å². The maximum atomic E-state index is 12.8. The second-order valence-electron chi connectivity index (χ2n) is 5.35. The first-order valence-corrected chi connectivity index (χ1v) is 7.75. The predicted molar refractivity (Wildman–Crippen MR) is 86.5 cm³/mol. The lowest BCUT2D eigenvalue weighted by Gasteiger charge is -2.06. The number of esters is 1. The van der Waals surface area contributed by atoms with Gasteiger partial charge in [-0.05, 0) is 24.3 Å². The maximum absolute atomic E-state index is 12.8. The third-order valence-corrected chi connectivity index (χ3v) is 3.37. The second kappa shape index (κ2) is 7.90. The van der Waals surface area contributed by atoms with Crippen molar-refractivity contribution < 1.29 is 32.0 Å². The standard InChI is InChI=1S/C18H13F3N2O4/c19-18(20,21)13-6-4-5-12(9-13)17-22-15(27-23-17)10-26-16(24)11-25-14-7-2-1-3-8-14/h1-9H,10-11H2. The molecule has 0 spiro atoms. The Bertz CT molecular complexity index is 910. The normalized spacial score (nSPS) is 11.2. The molecular weight excluding hydrogens is 365 g/mol. The molecule has 3 aromatic rings. The highest BCUT2D eigenvalue weighted by atomic mass is 19.4. The van der Waals surface area contributed by atoms with Gasteiger partial charge in [-0.3, -0.25) is 0 Å². The molecule has 0 saturated carbocycles. The van der Waals surface area contributed by atoms with Crippen LogP contribution in [0.15, 0.2) is 59.1 Å². The number of hydrogen-bond donors (Lipinski definition) is 0. The molecule has 0 bridgehead atoms. The topological polar surface area (TPSA) is 74.5 Å². The highest BCUT2D eigenvalue weighted by Crippen LogP contribution is 2.31. The van der Waals surface area contributed by atoms with Gasteiger partial charge in [0.15, 0.2) is 13.2 Å². The zero-order valence-electron chi connectivity index (χ0n) is 13.8. The Morgan fingerprint density at radius 3 is 2.59 bits per heavy atom. The smallest absolute Gasteiger partial charge is 0.416 e. The number of benzene rings is 2. The molecule has 0 saturated heterocycles. The molecule has 0 aliphatic carbocycles. The Kier molecular flexibility index (Phi) is 5.39. The Morgan fingerprint density at radius 1 is 1.07 bits per heavy atom. The van der Waals surface area contributed by atoms with Crippen molar-refractivity contribution in [1.29, 1.82) is 0 Å². The van der Waals surface area contributed by atoms with E-state index < -0.39 is 17.7 Å². The minimum absolute atomic E-state index is 0.0346. The first-order valence-electron chi connectivity index (χ1n) is 7.75. The summed E-state index contributed by atoms with van der Waals surface area (Å²) in [7, 11) is 0. The molecule has 2 aromatic carbocycles. The fourth-order valence-electron chi connectivity index (χ4n) is 2.11. The summed E-state index contributed by atoms with van der Waals surface area (Å²) in [6.45, 7) is -0.623. The van der Waals surface area contributed by atoms with Gasteiger partial charge in [0.25, 0.3) is 5.89 Å². The Balaban J connectivity index is 1.56. The molecule has 140 valence electrons. The zero-order chi connectivity index (χ0) is 19.3. The molecule has 0 aliphatic rings. The first-order chi connectivity index (χ1) is 12.9. The van der Waals surface area contributed by atoms with Crippen LogP contribution in [0.4, 0.5) is 13.2 Å². The van der Waals surface area contributed by atoms with E-state index in [0.717, 1.165) is 12.1 Å². The lowest BCUT2D eigenvalue weighted by atomic mass is 10.1. The lowest BCUT2D eigenvalue weighted by molar-refractivity contribution is -0.148. The average molecular weight is 378 g/mol. The predicted octanol–water partition coefficient (Wildman–Crippen LogP) is 3.88. The van der Waals surface area contributed by atoms with E-state index in [-0.39, 0.29) is 30.5 Å². The number of nitrogens with zero attached hydrogens (tertiary/aromatic N) is 2. The number of ether oxygens (including phenoxy) is 2. The first kappa shape index (κ1) is 18.4. The van der Waals surface area contributed by atoms with Crippen molar-refractivity contribution >= 4 is 5.97 Å². The Morgan fingerprint density at radius 2 is 1.85 bits per heavy atom. The van der Waals surface area contributed by atoms with Crippen molar-refractivity contribution in [2.75, 3.05) is 6.61 Å². The van der Waals surface area contributed by atoms with Crippen molar-refractivity contribution in [3.05, 3.63) is 66.1 Å².